The van der Waals surface area contributed by atoms with Gasteiger partial charge in [-0.1, -0.05) is 23.2 Å². The van der Waals surface area contributed by atoms with Crippen molar-refractivity contribution in [3.05, 3.63) is 64.2 Å². The van der Waals surface area contributed by atoms with Crippen LogP contribution in [0, 0.1) is 6.92 Å². The number of benzene rings is 2. The van der Waals surface area contributed by atoms with E-state index in [1.54, 1.807) is 29.2 Å². The Hall–Kier alpha value is -2.97. The van der Waals surface area contributed by atoms with E-state index in [0.717, 1.165) is 42.2 Å². The summed E-state index contributed by atoms with van der Waals surface area (Å²) in [6.07, 6.45) is 2.55. The Morgan fingerprint density at radius 1 is 1.09 bits per heavy atom. The zero-order chi connectivity index (χ0) is 24.1. The van der Waals surface area contributed by atoms with Gasteiger partial charge in [0.25, 0.3) is 0 Å². The first kappa shape index (κ1) is 24.2. The Bertz CT molecular complexity index is 1130. The van der Waals surface area contributed by atoms with Crippen molar-refractivity contribution in [1.82, 2.24) is 25.0 Å². The second kappa shape index (κ2) is 11.0. The number of amides is 2. The van der Waals surface area contributed by atoms with Crippen LogP contribution in [0.4, 0.5) is 10.5 Å². The maximum atomic E-state index is 12.8. The van der Waals surface area contributed by atoms with Crippen molar-refractivity contribution in [2.24, 2.45) is 0 Å². The molecule has 0 bridgehead atoms. The van der Waals surface area contributed by atoms with E-state index in [-0.39, 0.29) is 6.03 Å². The van der Waals surface area contributed by atoms with Crippen molar-refractivity contribution >= 4 is 34.9 Å². The minimum Gasteiger partial charge on any atom is -0.492 e. The molecule has 0 unspecified atom stereocenters. The van der Waals surface area contributed by atoms with E-state index < -0.39 is 0 Å². The lowest BCUT2D eigenvalue weighted by molar-refractivity contribution is 0.201. The lowest BCUT2D eigenvalue weighted by Gasteiger charge is -2.25. The van der Waals surface area contributed by atoms with Crippen LogP contribution in [-0.2, 0) is 6.54 Å². The molecule has 1 fully saturated rings. The van der Waals surface area contributed by atoms with E-state index in [2.05, 4.69) is 26.4 Å². The zero-order valence-corrected chi connectivity index (χ0v) is 20.8. The second-order valence-electron chi connectivity index (χ2n) is 8.09. The third-order valence-corrected chi connectivity index (χ3v) is 6.05. The van der Waals surface area contributed by atoms with Gasteiger partial charge in [0.05, 0.1) is 6.61 Å². The standard InChI is InChI=1S/C24H28Cl2N6O2/c1-3-34-23-14-21(5-6-22(23)32-16-28-17(2)29-32)30-7-4-8-31(10-9-30)24(33)27-15-18-11-19(25)13-20(26)12-18/h5-6,11-14,16H,3-4,7-10,15H2,1-2H3,(H,27,33). The van der Waals surface area contributed by atoms with E-state index in [1.165, 1.54) is 0 Å². The summed E-state index contributed by atoms with van der Waals surface area (Å²) in [5.74, 6) is 1.46. The number of ether oxygens (including phenoxy) is 1. The topological polar surface area (TPSA) is 75.5 Å². The molecule has 4 rings (SSSR count). The average Bonchev–Trinajstić information content (AvgIpc) is 3.08. The molecular weight excluding hydrogens is 475 g/mol. The van der Waals surface area contributed by atoms with Gasteiger partial charge in [-0.25, -0.2) is 14.5 Å². The van der Waals surface area contributed by atoms with Crippen molar-refractivity contribution in [3.63, 3.8) is 0 Å². The van der Waals surface area contributed by atoms with Gasteiger partial charge in [-0.05, 0) is 56.2 Å². The molecule has 10 heteroatoms. The highest BCUT2D eigenvalue weighted by atomic mass is 35.5. The number of hydrogen-bond acceptors (Lipinski definition) is 5. The van der Waals surface area contributed by atoms with Crippen LogP contribution in [-0.4, -0.2) is 58.5 Å². The first-order valence-electron chi connectivity index (χ1n) is 11.3. The largest absolute Gasteiger partial charge is 0.492 e. The second-order valence-corrected chi connectivity index (χ2v) is 8.96. The quantitative estimate of drug-likeness (QED) is 0.528. The maximum absolute atomic E-state index is 12.8. The molecule has 0 spiro atoms. The third-order valence-electron chi connectivity index (χ3n) is 5.61. The van der Waals surface area contributed by atoms with Gasteiger partial charge >= 0.3 is 6.03 Å². The fraction of sp³-hybridized carbons (Fsp3) is 0.375. The molecule has 34 heavy (non-hydrogen) atoms. The van der Waals surface area contributed by atoms with Gasteiger partial charge in [-0.3, -0.25) is 0 Å². The normalized spacial score (nSPS) is 14.1. The number of carbonyl (C=O) groups is 1. The predicted octanol–water partition coefficient (Wildman–Crippen LogP) is 4.70. The summed E-state index contributed by atoms with van der Waals surface area (Å²) in [6, 6.07) is 11.3. The smallest absolute Gasteiger partial charge is 0.317 e. The van der Waals surface area contributed by atoms with E-state index >= 15 is 0 Å². The fourth-order valence-corrected chi connectivity index (χ4v) is 4.57. The molecule has 0 saturated carbocycles. The molecule has 2 heterocycles. The molecule has 2 aromatic carbocycles. The molecule has 8 nitrogen and oxygen atoms in total. The van der Waals surface area contributed by atoms with Crippen LogP contribution < -0.4 is 15.0 Å². The highest BCUT2D eigenvalue weighted by molar-refractivity contribution is 6.34. The van der Waals surface area contributed by atoms with Gasteiger partial charge in [0.15, 0.2) is 0 Å². The minimum absolute atomic E-state index is 0.0927. The van der Waals surface area contributed by atoms with Crippen LogP contribution in [0.5, 0.6) is 5.75 Å². The number of aromatic nitrogens is 3. The molecule has 1 N–H and O–H groups in total. The van der Waals surface area contributed by atoms with Crippen LogP contribution in [0.25, 0.3) is 5.69 Å². The third kappa shape index (κ3) is 5.93. The van der Waals surface area contributed by atoms with Crippen LogP contribution >= 0.6 is 23.2 Å². The van der Waals surface area contributed by atoms with Crippen molar-refractivity contribution in [2.45, 2.75) is 26.8 Å². The molecule has 1 aliphatic rings. The number of halogens is 2. The summed E-state index contributed by atoms with van der Waals surface area (Å²) in [7, 11) is 0. The SMILES string of the molecule is CCOc1cc(N2CCCN(C(=O)NCc3cc(Cl)cc(Cl)c3)CC2)ccc1-n1cnc(C)n1. The summed E-state index contributed by atoms with van der Waals surface area (Å²) in [5.41, 5.74) is 2.77. The van der Waals surface area contributed by atoms with Crippen LogP contribution in [0.3, 0.4) is 0 Å². The maximum Gasteiger partial charge on any atom is 0.317 e. The first-order valence-corrected chi connectivity index (χ1v) is 12.1. The highest BCUT2D eigenvalue weighted by Crippen LogP contribution is 2.29. The summed E-state index contributed by atoms with van der Waals surface area (Å²) in [6.45, 7) is 7.63. The predicted molar refractivity (Wildman–Crippen MR) is 134 cm³/mol. The Morgan fingerprint density at radius 2 is 1.88 bits per heavy atom. The summed E-state index contributed by atoms with van der Waals surface area (Å²) in [5, 5.41) is 8.49. The molecule has 0 atom stereocenters. The molecule has 180 valence electrons. The fourth-order valence-electron chi connectivity index (χ4n) is 4.00. The number of hydrogen-bond donors (Lipinski definition) is 1. The van der Waals surface area contributed by atoms with Crippen molar-refractivity contribution in [1.29, 1.82) is 0 Å². The monoisotopic (exact) mass is 502 g/mol. The molecule has 3 aromatic rings. The Labute approximate surface area is 209 Å². The lowest BCUT2D eigenvalue weighted by Crippen LogP contribution is -2.41. The van der Waals surface area contributed by atoms with Gasteiger partial charge in [0.2, 0.25) is 0 Å². The van der Waals surface area contributed by atoms with E-state index in [9.17, 15) is 4.79 Å². The number of aryl methyl sites for hydroxylation is 1. The Morgan fingerprint density at radius 3 is 2.59 bits per heavy atom. The van der Waals surface area contributed by atoms with Crippen LogP contribution in [0.2, 0.25) is 10.0 Å². The van der Waals surface area contributed by atoms with Crippen LogP contribution in [0.1, 0.15) is 24.7 Å². The summed E-state index contributed by atoms with van der Waals surface area (Å²) < 4.78 is 7.63. The van der Waals surface area contributed by atoms with Gasteiger partial charge in [0, 0.05) is 54.5 Å². The summed E-state index contributed by atoms with van der Waals surface area (Å²) in [4.78, 5) is 21.1. The molecule has 1 saturated heterocycles. The zero-order valence-electron chi connectivity index (χ0n) is 19.3. The summed E-state index contributed by atoms with van der Waals surface area (Å²) >= 11 is 12.1. The molecule has 0 radical (unpaired) electrons. The van der Waals surface area contributed by atoms with Crippen molar-refractivity contribution in [2.75, 3.05) is 37.7 Å². The molecule has 2 amide bonds. The van der Waals surface area contributed by atoms with E-state index in [4.69, 9.17) is 27.9 Å². The number of nitrogens with zero attached hydrogens (tertiary/aromatic N) is 5. The van der Waals surface area contributed by atoms with Crippen LogP contribution in [0.15, 0.2) is 42.7 Å². The number of nitrogens with one attached hydrogen (secondary N) is 1. The molecule has 0 aliphatic carbocycles. The van der Waals surface area contributed by atoms with Gasteiger partial charge in [0.1, 0.15) is 23.6 Å². The molecule has 1 aliphatic heterocycles. The van der Waals surface area contributed by atoms with Crippen molar-refractivity contribution in [3.8, 4) is 11.4 Å². The first-order chi connectivity index (χ1) is 16.4. The Kier molecular flexibility index (Phi) is 7.80. The number of rotatable bonds is 6. The highest BCUT2D eigenvalue weighted by Gasteiger charge is 2.20. The minimum atomic E-state index is -0.0927. The number of carbonyl (C=O) groups excluding carboxylic acids is 1. The molecule has 1 aromatic heterocycles. The molecular formula is C24H28Cl2N6O2. The van der Waals surface area contributed by atoms with E-state index in [1.807, 2.05) is 30.9 Å². The Balaban J connectivity index is 1.40. The lowest BCUT2D eigenvalue weighted by atomic mass is 10.2. The van der Waals surface area contributed by atoms with Gasteiger partial charge in [-0.15, -0.1) is 0 Å². The number of anilines is 1. The van der Waals surface area contributed by atoms with Gasteiger partial charge in [-0.2, -0.15) is 5.10 Å². The number of urea groups is 1. The average molecular weight is 503 g/mol. The van der Waals surface area contributed by atoms with Crippen molar-refractivity contribution < 1.29 is 9.53 Å². The van der Waals surface area contributed by atoms with Gasteiger partial charge < -0.3 is 19.9 Å². The van der Waals surface area contributed by atoms with E-state index in [0.29, 0.717) is 42.1 Å².